The van der Waals surface area contributed by atoms with Crippen LogP contribution in [0, 0.1) is 0 Å². The Hall–Kier alpha value is -2.70. The first-order valence-electron chi connectivity index (χ1n) is 7.23. The van der Waals surface area contributed by atoms with Crippen LogP contribution in [-0.4, -0.2) is 22.2 Å². The third-order valence-electron chi connectivity index (χ3n) is 3.26. The standard InChI is InChI=1S/C17H18N2O4/c20-16(18(22)14-8-3-1-4-9-14)12-7-13-17(21)19(23)15-10-5-2-6-11-15/h1-6,8-11,22-23H,7,12-13H2. The van der Waals surface area contributed by atoms with E-state index in [-0.39, 0.29) is 19.3 Å². The van der Waals surface area contributed by atoms with Gasteiger partial charge in [-0.25, -0.2) is 0 Å². The second-order valence-corrected chi connectivity index (χ2v) is 4.94. The van der Waals surface area contributed by atoms with E-state index in [4.69, 9.17) is 0 Å². The highest BCUT2D eigenvalue weighted by molar-refractivity contribution is 5.93. The fourth-order valence-electron chi connectivity index (χ4n) is 2.03. The summed E-state index contributed by atoms with van der Waals surface area (Å²) >= 11 is 0. The summed E-state index contributed by atoms with van der Waals surface area (Å²) < 4.78 is 0. The SMILES string of the molecule is O=C(CCCC(=O)N(O)c1ccccc1)N(O)c1ccccc1. The van der Waals surface area contributed by atoms with Crippen molar-refractivity contribution >= 4 is 23.2 Å². The van der Waals surface area contributed by atoms with Crippen molar-refractivity contribution in [1.29, 1.82) is 0 Å². The molecular formula is C17H18N2O4. The summed E-state index contributed by atoms with van der Waals surface area (Å²) in [4.78, 5) is 23.7. The van der Waals surface area contributed by atoms with Crippen LogP contribution in [0.25, 0.3) is 0 Å². The number of nitrogens with zero attached hydrogens (tertiary/aromatic N) is 2. The van der Waals surface area contributed by atoms with Crippen LogP contribution in [0.1, 0.15) is 19.3 Å². The molecule has 0 spiro atoms. The first-order valence-corrected chi connectivity index (χ1v) is 7.23. The topological polar surface area (TPSA) is 81.1 Å². The van der Waals surface area contributed by atoms with Gasteiger partial charge in [-0.1, -0.05) is 36.4 Å². The van der Waals surface area contributed by atoms with Crippen LogP contribution in [-0.2, 0) is 9.59 Å². The van der Waals surface area contributed by atoms with Gasteiger partial charge in [-0.05, 0) is 30.7 Å². The molecule has 2 aromatic carbocycles. The summed E-state index contributed by atoms with van der Waals surface area (Å²) in [6.07, 6.45) is 0.227. The van der Waals surface area contributed by atoms with Gasteiger partial charge in [0.1, 0.15) is 0 Å². The molecule has 0 bridgehead atoms. The van der Waals surface area contributed by atoms with Gasteiger partial charge in [0.25, 0.3) is 11.8 Å². The Morgan fingerprint density at radius 3 is 1.39 bits per heavy atom. The zero-order valence-corrected chi connectivity index (χ0v) is 12.5. The smallest absolute Gasteiger partial charge is 0.250 e. The fourth-order valence-corrected chi connectivity index (χ4v) is 2.03. The highest BCUT2D eigenvalue weighted by Crippen LogP contribution is 2.15. The predicted molar refractivity (Wildman–Crippen MR) is 85.3 cm³/mol. The van der Waals surface area contributed by atoms with E-state index in [1.807, 2.05) is 0 Å². The molecule has 0 aromatic heterocycles. The highest BCUT2D eigenvalue weighted by Gasteiger charge is 2.16. The lowest BCUT2D eigenvalue weighted by molar-refractivity contribution is -0.125. The minimum Gasteiger partial charge on any atom is -0.281 e. The van der Waals surface area contributed by atoms with E-state index in [1.54, 1.807) is 60.7 Å². The maximum Gasteiger partial charge on any atom is 0.250 e. The summed E-state index contributed by atoms with van der Waals surface area (Å²) in [5.74, 6) is -1.01. The molecule has 0 atom stereocenters. The average molecular weight is 314 g/mol. The van der Waals surface area contributed by atoms with Crippen molar-refractivity contribution in [3.8, 4) is 0 Å². The van der Waals surface area contributed by atoms with Crippen LogP contribution in [0.15, 0.2) is 60.7 Å². The Morgan fingerprint density at radius 1 is 0.696 bits per heavy atom. The first kappa shape index (κ1) is 16.7. The van der Waals surface area contributed by atoms with Crippen LogP contribution >= 0.6 is 0 Å². The van der Waals surface area contributed by atoms with Gasteiger partial charge in [0.15, 0.2) is 0 Å². The third-order valence-corrected chi connectivity index (χ3v) is 3.26. The molecule has 0 fully saturated rings. The van der Waals surface area contributed by atoms with Crippen LogP contribution in [0.5, 0.6) is 0 Å². The summed E-state index contributed by atoms with van der Waals surface area (Å²) in [6.45, 7) is 0. The van der Waals surface area contributed by atoms with Gasteiger partial charge < -0.3 is 0 Å². The molecule has 0 saturated carbocycles. The molecule has 0 aliphatic rings. The summed E-state index contributed by atoms with van der Waals surface area (Å²) in [5, 5.41) is 20.7. The maximum absolute atomic E-state index is 11.9. The maximum atomic E-state index is 11.9. The number of benzene rings is 2. The minimum atomic E-state index is -0.506. The number of para-hydroxylation sites is 2. The zero-order chi connectivity index (χ0) is 16.7. The Labute approximate surface area is 134 Å². The van der Waals surface area contributed by atoms with Crippen LogP contribution in [0.3, 0.4) is 0 Å². The molecule has 0 saturated heterocycles. The van der Waals surface area contributed by atoms with Crippen LogP contribution < -0.4 is 10.1 Å². The normalized spacial score (nSPS) is 10.2. The monoisotopic (exact) mass is 314 g/mol. The van der Waals surface area contributed by atoms with Crippen molar-refractivity contribution in [3.63, 3.8) is 0 Å². The Kier molecular flexibility index (Phi) is 5.85. The van der Waals surface area contributed by atoms with Crippen molar-refractivity contribution in [3.05, 3.63) is 60.7 Å². The lowest BCUT2D eigenvalue weighted by atomic mass is 10.2. The number of carbonyl (C=O) groups is 2. The molecule has 0 unspecified atom stereocenters. The van der Waals surface area contributed by atoms with E-state index in [0.717, 1.165) is 0 Å². The van der Waals surface area contributed by atoms with Crippen LogP contribution in [0.2, 0.25) is 0 Å². The second-order valence-electron chi connectivity index (χ2n) is 4.94. The fraction of sp³-hybridized carbons (Fsp3) is 0.176. The molecule has 23 heavy (non-hydrogen) atoms. The highest BCUT2D eigenvalue weighted by atomic mass is 16.5. The van der Waals surface area contributed by atoms with Gasteiger partial charge in [-0.2, -0.15) is 10.1 Å². The molecule has 2 N–H and O–H groups in total. The third kappa shape index (κ3) is 4.64. The molecular weight excluding hydrogens is 296 g/mol. The molecule has 6 nitrogen and oxygen atoms in total. The number of amides is 2. The van der Waals surface area contributed by atoms with E-state index in [0.29, 0.717) is 21.5 Å². The molecule has 0 radical (unpaired) electrons. The van der Waals surface area contributed by atoms with Gasteiger partial charge in [0.2, 0.25) is 0 Å². The van der Waals surface area contributed by atoms with E-state index in [9.17, 15) is 20.0 Å². The summed E-state index contributed by atoms with van der Waals surface area (Å²) in [6, 6.07) is 16.8. The van der Waals surface area contributed by atoms with Crippen molar-refractivity contribution in [1.82, 2.24) is 0 Å². The van der Waals surface area contributed by atoms with Crippen molar-refractivity contribution in [2.24, 2.45) is 0 Å². The number of anilines is 2. The molecule has 2 aromatic rings. The van der Waals surface area contributed by atoms with E-state index in [1.165, 1.54) is 0 Å². The lowest BCUT2D eigenvalue weighted by Crippen LogP contribution is -2.29. The molecule has 0 aliphatic carbocycles. The Bertz CT molecular complexity index is 589. The van der Waals surface area contributed by atoms with E-state index < -0.39 is 11.8 Å². The van der Waals surface area contributed by atoms with Gasteiger partial charge in [-0.3, -0.25) is 20.0 Å². The molecule has 2 amide bonds. The molecule has 2 rings (SSSR count). The van der Waals surface area contributed by atoms with Gasteiger partial charge >= 0.3 is 0 Å². The second kappa shape index (κ2) is 8.07. The Balaban J connectivity index is 1.80. The van der Waals surface area contributed by atoms with Gasteiger partial charge in [0, 0.05) is 12.8 Å². The number of carbonyl (C=O) groups excluding carboxylic acids is 2. The quantitative estimate of drug-likeness (QED) is 0.634. The Morgan fingerprint density at radius 2 is 1.04 bits per heavy atom. The predicted octanol–water partition coefficient (Wildman–Crippen LogP) is 3.00. The van der Waals surface area contributed by atoms with Gasteiger partial charge in [-0.15, -0.1) is 0 Å². The number of rotatable bonds is 6. The lowest BCUT2D eigenvalue weighted by Gasteiger charge is -2.16. The zero-order valence-electron chi connectivity index (χ0n) is 12.5. The van der Waals surface area contributed by atoms with Crippen LogP contribution in [0.4, 0.5) is 11.4 Å². The van der Waals surface area contributed by atoms with Gasteiger partial charge in [0.05, 0.1) is 11.4 Å². The largest absolute Gasteiger partial charge is 0.281 e. The molecule has 0 aliphatic heterocycles. The molecule has 0 heterocycles. The number of hydroxylamine groups is 2. The number of hydrogen-bond acceptors (Lipinski definition) is 4. The summed E-state index contributed by atoms with van der Waals surface area (Å²) in [7, 11) is 0. The van der Waals surface area contributed by atoms with Crippen molar-refractivity contribution < 1.29 is 20.0 Å². The summed E-state index contributed by atoms with van der Waals surface area (Å²) in [5.41, 5.74) is 0.744. The van der Waals surface area contributed by atoms with Crippen molar-refractivity contribution in [2.45, 2.75) is 19.3 Å². The minimum absolute atomic E-state index is 0.000234. The van der Waals surface area contributed by atoms with E-state index >= 15 is 0 Å². The molecule has 6 heteroatoms. The number of hydrogen-bond donors (Lipinski definition) is 2. The molecule has 120 valence electrons. The van der Waals surface area contributed by atoms with E-state index in [2.05, 4.69) is 0 Å². The first-order chi connectivity index (χ1) is 11.1. The average Bonchev–Trinajstić information content (AvgIpc) is 2.61. The van der Waals surface area contributed by atoms with Crippen molar-refractivity contribution in [2.75, 3.05) is 10.1 Å².